The number of carboxylic acid groups (broad SMARTS) is 1. The van der Waals surface area contributed by atoms with E-state index in [0.717, 1.165) is 11.9 Å². The zero-order valence-corrected chi connectivity index (χ0v) is 10.1. The SMILES string of the molecule is CN(CC(F)F)C(=O)N[C@@H](Cc1cnc[nH]1)C(=O)O. The van der Waals surface area contributed by atoms with E-state index < -0.39 is 31.0 Å². The number of hydrogen-bond donors (Lipinski definition) is 3. The van der Waals surface area contributed by atoms with Gasteiger partial charge in [0, 0.05) is 25.4 Å². The number of carbonyl (C=O) groups excluding carboxylic acids is 1. The lowest BCUT2D eigenvalue weighted by Gasteiger charge is -2.20. The van der Waals surface area contributed by atoms with Crippen LogP contribution in [0.3, 0.4) is 0 Å². The van der Waals surface area contributed by atoms with Crippen molar-refractivity contribution in [3.05, 3.63) is 18.2 Å². The van der Waals surface area contributed by atoms with Gasteiger partial charge in [0.2, 0.25) is 0 Å². The highest BCUT2D eigenvalue weighted by molar-refractivity contribution is 5.82. The number of imidazole rings is 1. The van der Waals surface area contributed by atoms with Crippen LogP contribution in [0.2, 0.25) is 0 Å². The molecule has 0 aliphatic rings. The molecule has 9 heteroatoms. The highest BCUT2D eigenvalue weighted by atomic mass is 19.3. The molecule has 1 heterocycles. The monoisotopic (exact) mass is 276 g/mol. The highest BCUT2D eigenvalue weighted by Crippen LogP contribution is 2.01. The smallest absolute Gasteiger partial charge is 0.326 e. The number of nitrogens with one attached hydrogen (secondary N) is 2. The van der Waals surface area contributed by atoms with E-state index in [1.165, 1.54) is 12.5 Å². The molecule has 1 rings (SSSR count). The Morgan fingerprint density at radius 3 is 2.74 bits per heavy atom. The predicted octanol–water partition coefficient (Wildman–Crippen LogP) is 0.312. The van der Waals surface area contributed by atoms with Gasteiger partial charge in [-0.25, -0.2) is 23.4 Å². The molecule has 0 fully saturated rings. The average Bonchev–Trinajstić information content (AvgIpc) is 2.79. The molecule has 1 aromatic heterocycles. The van der Waals surface area contributed by atoms with Gasteiger partial charge in [-0.1, -0.05) is 0 Å². The van der Waals surface area contributed by atoms with Crippen molar-refractivity contribution in [3.8, 4) is 0 Å². The second kappa shape index (κ2) is 6.66. The zero-order chi connectivity index (χ0) is 14.4. The molecule has 0 bridgehead atoms. The molecule has 1 aromatic rings. The van der Waals surface area contributed by atoms with E-state index in [4.69, 9.17) is 5.11 Å². The van der Waals surface area contributed by atoms with Gasteiger partial charge in [0.05, 0.1) is 12.9 Å². The second-order valence-corrected chi connectivity index (χ2v) is 3.89. The molecule has 0 aliphatic carbocycles. The summed E-state index contributed by atoms with van der Waals surface area (Å²) in [4.78, 5) is 29.6. The second-order valence-electron chi connectivity index (χ2n) is 3.89. The van der Waals surface area contributed by atoms with Gasteiger partial charge in [-0.2, -0.15) is 0 Å². The van der Waals surface area contributed by atoms with Gasteiger partial charge in [-0.3, -0.25) is 0 Å². The minimum Gasteiger partial charge on any atom is -0.480 e. The Hall–Kier alpha value is -2.19. The van der Waals surface area contributed by atoms with Crippen LogP contribution in [0.5, 0.6) is 0 Å². The van der Waals surface area contributed by atoms with E-state index in [9.17, 15) is 18.4 Å². The van der Waals surface area contributed by atoms with E-state index in [1.807, 2.05) is 0 Å². The van der Waals surface area contributed by atoms with Crippen LogP contribution in [0.15, 0.2) is 12.5 Å². The van der Waals surface area contributed by atoms with Crippen molar-refractivity contribution in [3.63, 3.8) is 0 Å². The lowest BCUT2D eigenvalue weighted by atomic mass is 10.1. The van der Waals surface area contributed by atoms with Gasteiger partial charge in [-0.05, 0) is 0 Å². The number of amides is 2. The molecule has 3 N–H and O–H groups in total. The van der Waals surface area contributed by atoms with Crippen molar-refractivity contribution < 1.29 is 23.5 Å². The first kappa shape index (κ1) is 14.9. The van der Waals surface area contributed by atoms with Gasteiger partial charge < -0.3 is 20.3 Å². The van der Waals surface area contributed by atoms with Crippen LogP contribution >= 0.6 is 0 Å². The predicted molar refractivity (Wildman–Crippen MR) is 60.9 cm³/mol. The first-order valence-corrected chi connectivity index (χ1v) is 5.40. The van der Waals surface area contributed by atoms with Crippen LogP contribution in [0.1, 0.15) is 5.69 Å². The fourth-order valence-corrected chi connectivity index (χ4v) is 1.37. The molecular weight excluding hydrogens is 262 g/mol. The Morgan fingerprint density at radius 2 is 2.26 bits per heavy atom. The van der Waals surface area contributed by atoms with Crippen LogP contribution in [0, 0.1) is 0 Å². The number of urea groups is 1. The summed E-state index contributed by atoms with van der Waals surface area (Å²) in [5, 5.41) is 11.1. The van der Waals surface area contributed by atoms with Gasteiger partial charge in [0.15, 0.2) is 0 Å². The molecule has 2 amide bonds. The Kier molecular flexibility index (Phi) is 5.22. The van der Waals surface area contributed by atoms with E-state index in [0.29, 0.717) is 5.69 Å². The Labute approximate surface area is 107 Å². The van der Waals surface area contributed by atoms with Crippen molar-refractivity contribution in [1.29, 1.82) is 0 Å². The number of rotatable bonds is 6. The third kappa shape index (κ3) is 4.90. The summed E-state index contributed by atoms with van der Waals surface area (Å²) in [5.41, 5.74) is 0.518. The maximum Gasteiger partial charge on any atom is 0.326 e. The van der Waals surface area contributed by atoms with Crippen LogP contribution < -0.4 is 5.32 Å². The van der Waals surface area contributed by atoms with Gasteiger partial charge >= 0.3 is 12.0 Å². The number of aliphatic carboxylic acids is 1. The van der Waals surface area contributed by atoms with Crippen molar-refractivity contribution in [2.45, 2.75) is 18.9 Å². The van der Waals surface area contributed by atoms with Crippen molar-refractivity contribution in [2.75, 3.05) is 13.6 Å². The molecule has 0 unspecified atom stereocenters. The minimum absolute atomic E-state index is 0.0103. The van der Waals surface area contributed by atoms with Crippen molar-refractivity contribution in [2.24, 2.45) is 0 Å². The number of nitrogens with zero attached hydrogens (tertiary/aromatic N) is 2. The molecule has 0 saturated carbocycles. The highest BCUT2D eigenvalue weighted by Gasteiger charge is 2.23. The number of alkyl halides is 2. The third-order valence-corrected chi connectivity index (χ3v) is 2.33. The molecule has 0 radical (unpaired) electrons. The standard InChI is InChI=1S/C10H14F2N4O3/c1-16(4-8(11)12)10(19)15-7(9(17)18)2-6-3-13-5-14-6/h3,5,7-8H,2,4H2,1H3,(H,13,14)(H,15,19)(H,17,18)/t7-/m0/s1. The quantitative estimate of drug-likeness (QED) is 0.696. The molecule has 0 aliphatic heterocycles. The van der Waals surface area contributed by atoms with Crippen LogP contribution in [-0.2, 0) is 11.2 Å². The fourth-order valence-electron chi connectivity index (χ4n) is 1.37. The van der Waals surface area contributed by atoms with E-state index in [-0.39, 0.29) is 6.42 Å². The normalized spacial score (nSPS) is 12.2. The number of H-pyrrole nitrogens is 1. The molecule has 106 valence electrons. The number of hydrogen-bond acceptors (Lipinski definition) is 3. The summed E-state index contributed by atoms with van der Waals surface area (Å²) in [7, 11) is 1.16. The molecule has 19 heavy (non-hydrogen) atoms. The van der Waals surface area contributed by atoms with E-state index in [2.05, 4.69) is 15.3 Å². The maximum absolute atomic E-state index is 12.1. The molecule has 1 atom stereocenters. The topological polar surface area (TPSA) is 98.3 Å². The minimum atomic E-state index is -2.67. The molecule has 7 nitrogen and oxygen atoms in total. The fraction of sp³-hybridized carbons (Fsp3) is 0.500. The third-order valence-electron chi connectivity index (χ3n) is 2.33. The summed E-state index contributed by atoms with van der Waals surface area (Å²) < 4.78 is 24.2. The van der Waals surface area contributed by atoms with Crippen molar-refractivity contribution >= 4 is 12.0 Å². The van der Waals surface area contributed by atoms with E-state index in [1.54, 1.807) is 0 Å². The van der Waals surface area contributed by atoms with E-state index >= 15 is 0 Å². The Morgan fingerprint density at radius 1 is 1.58 bits per heavy atom. The first-order chi connectivity index (χ1) is 8.90. The average molecular weight is 276 g/mol. The Bertz CT molecular complexity index is 424. The van der Waals surface area contributed by atoms with Gasteiger partial charge in [0.1, 0.15) is 6.04 Å². The molecular formula is C10H14F2N4O3. The molecule has 0 aromatic carbocycles. The summed E-state index contributed by atoms with van der Waals surface area (Å²) in [6.07, 6.45) is 0.111. The lowest BCUT2D eigenvalue weighted by molar-refractivity contribution is -0.139. The summed E-state index contributed by atoms with van der Waals surface area (Å²) in [6, 6.07) is -2.08. The van der Waals surface area contributed by atoms with Gasteiger partial charge in [0.25, 0.3) is 6.43 Å². The first-order valence-electron chi connectivity index (χ1n) is 5.40. The van der Waals surface area contributed by atoms with Crippen LogP contribution in [0.25, 0.3) is 0 Å². The summed E-state index contributed by atoms with van der Waals surface area (Å²) >= 11 is 0. The summed E-state index contributed by atoms with van der Waals surface area (Å²) in [6.45, 7) is -0.762. The number of halogens is 2. The molecule has 0 saturated heterocycles. The number of aromatic nitrogens is 2. The Balaban J connectivity index is 2.58. The lowest BCUT2D eigenvalue weighted by Crippen LogP contribution is -2.48. The largest absolute Gasteiger partial charge is 0.480 e. The van der Waals surface area contributed by atoms with Crippen LogP contribution in [0.4, 0.5) is 13.6 Å². The zero-order valence-electron chi connectivity index (χ0n) is 10.1. The number of aromatic amines is 1. The van der Waals surface area contributed by atoms with Crippen molar-refractivity contribution in [1.82, 2.24) is 20.2 Å². The number of carbonyl (C=O) groups is 2. The number of carboxylic acids is 1. The molecule has 0 spiro atoms. The van der Waals surface area contributed by atoms with Gasteiger partial charge in [-0.15, -0.1) is 0 Å². The maximum atomic E-state index is 12.1. The van der Waals surface area contributed by atoms with Crippen LogP contribution in [-0.4, -0.2) is 58.0 Å². The summed E-state index contributed by atoms with van der Waals surface area (Å²) in [5.74, 6) is -1.26.